The molecule has 2 N–H and O–H groups in total. The number of aromatic nitrogens is 3. The Bertz CT molecular complexity index is 819. The van der Waals surface area contributed by atoms with Gasteiger partial charge in [-0.25, -0.2) is 9.07 Å². The number of carbonyl (C=O) groups excluding carboxylic acids is 1. The second kappa shape index (κ2) is 6.67. The topological polar surface area (TPSA) is 77.0 Å². The first-order chi connectivity index (χ1) is 12.2. The summed E-state index contributed by atoms with van der Waals surface area (Å²) in [5.41, 5.74) is 3.31. The van der Waals surface area contributed by atoms with Crippen molar-refractivity contribution in [1.29, 1.82) is 0 Å². The summed E-state index contributed by atoms with van der Waals surface area (Å²) in [6.45, 7) is 2.36. The Morgan fingerprint density at radius 2 is 2.12 bits per heavy atom. The van der Waals surface area contributed by atoms with Gasteiger partial charge in [-0.2, -0.15) is 13.2 Å². The molecule has 1 aliphatic rings. The molecule has 1 aromatic carbocycles. The van der Waals surface area contributed by atoms with Gasteiger partial charge in [0.05, 0.1) is 5.69 Å². The Kier molecular flexibility index (Phi) is 4.70. The summed E-state index contributed by atoms with van der Waals surface area (Å²) in [6, 6.07) is 4.24. The van der Waals surface area contributed by atoms with Gasteiger partial charge in [0.1, 0.15) is 5.82 Å². The highest BCUT2D eigenvalue weighted by atomic mass is 19.4. The van der Waals surface area contributed by atoms with E-state index in [-0.39, 0.29) is 24.2 Å². The summed E-state index contributed by atoms with van der Waals surface area (Å²) < 4.78 is 54.7. The van der Waals surface area contributed by atoms with Crippen molar-refractivity contribution in [2.75, 3.05) is 13.1 Å². The minimum atomic E-state index is -4.89. The summed E-state index contributed by atoms with van der Waals surface area (Å²) in [7, 11) is 0. The van der Waals surface area contributed by atoms with Crippen molar-refractivity contribution in [3.63, 3.8) is 0 Å². The molecule has 1 aliphatic heterocycles. The smallest absolute Gasteiger partial charge is 0.334 e. The summed E-state index contributed by atoms with van der Waals surface area (Å²) in [6.07, 6.45) is -4.28. The van der Waals surface area contributed by atoms with Crippen LogP contribution in [0.25, 0.3) is 5.69 Å². The Balaban J connectivity index is 2.04. The molecule has 3 rings (SSSR count). The largest absolute Gasteiger partial charge is 0.435 e. The van der Waals surface area contributed by atoms with Crippen LogP contribution in [0.1, 0.15) is 29.5 Å². The molecule has 0 spiro atoms. The van der Waals surface area contributed by atoms with Crippen molar-refractivity contribution in [3.8, 4) is 5.69 Å². The predicted molar refractivity (Wildman–Crippen MR) is 84.0 cm³/mol. The maximum Gasteiger partial charge on any atom is 0.435 e. The third kappa shape index (κ3) is 3.28. The van der Waals surface area contributed by atoms with Crippen LogP contribution in [0.2, 0.25) is 0 Å². The van der Waals surface area contributed by atoms with E-state index in [0.717, 1.165) is 12.1 Å². The van der Waals surface area contributed by atoms with Crippen LogP contribution in [-0.4, -0.2) is 44.9 Å². The average molecular weight is 371 g/mol. The van der Waals surface area contributed by atoms with Crippen molar-refractivity contribution >= 4 is 5.91 Å². The van der Waals surface area contributed by atoms with Gasteiger partial charge >= 0.3 is 6.18 Å². The van der Waals surface area contributed by atoms with E-state index in [1.54, 1.807) is 6.92 Å². The molecular formula is C16H17F4N5O. The number of alkyl halides is 3. The molecule has 10 heteroatoms. The second-order valence-electron chi connectivity index (χ2n) is 6.32. The van der Waals surface area contributed by atoms with Crippen LogP contribution in [-0.2, 0) is 6.18 Å². The molecule has 0 saturated carbocycles. The Hall–Kier alpha value is -2.49. The van der Waals surface area contributed by atoms with Gasteiger partial charge in [0.2, 0.25) is 0 Å². The van der Waals surface area contributed by atoms with Crippen LogP contribution < -0.4 is 5.73 Å². The maximum atomic E-state index is 13.6. The minimum Gasteiger partial charge on any atom is -0.334 e. The molecule has 0 bridgehead atoms. The summed E-state index contributed by atoms with van der Waals surface area (Å²) in [4.78, 5) is 14.0. The van der Waals surface area contributed by atoms with Crippen molar-refractivity contribution in [3.05, 3.63) is 41.5 Å². The van der Waals surface area contributed by atoms with Crippen LogP contribution in [0.15, 0.2) is 24.3 Å². The molecule has 2 unspecified atom stereocenters. The molecule has 1 saturated heterocycles. The lowest BCUT2D eigenvalue weighted by atomic mass is 10.1. The van der Waals surface area contributed by atoms with Crippen molar-refractivity contribution in [2.24, 2.45) is 11.7 Å². The van der Waals surface area contributed by atoms with E-state index >= 15 is 0 Å². The monoisotopic (exact) mass is 371 g/mol. The van der Waals surface area contributed by atoms with E-state index in [4.69, 9.17) is 5.73 Å². The quantitative estimate of drug-likeness (QED) is 0.840. The van der Waals surface area contributed by atoms with E-state index in [0.29, 0.717) is 17.6 Å². The van der Waals surface area contributed by atoms with Gasteiger partial charge in [0.25, 0.3) is 5.91 Å². The van der Waals surface area contributed by atoms with Gasteiger partial charge < -0.3 is 10.6 Å². The van der Waals surface area contributed by atoms with Gasteiger partial charge in [-0.05, 0) is 44.0 Å². The molecule has 1 fully saturated rings. The number of hydrogen-bond acceptors (Lipinski definition) is 4. The van der Waals surface area contributed by atoms with E-state index in [9.17, 15) is 22.4 Å². The number of benzene rings is 1. The fourth-order valence-electron chi connectivity index (χ4n) is 3.20. The third-order valence-electron chi connectivity index (χ3n) is 4.45. The van der Waals surface area contributed by atoms with Crippen molar-refractivity contribution in [2.45, 2.75) is 25.6 Å². The highest BCUT2D eigenvalue weighted by molar-refractivity contribution is 5.94. The standard InChI is InChI=1S/C16H17F4N5O/c1-9-5-10(7-21)8-24(9)15(26)13-14(16(18,19)20)25(23-22-13)12-4-2-3-11(17)6-12/h2-4,6,9-10H,5,7-8,21H2,1H3. The number of rotatable bonds is 3. The van der Waals surface area contributed by atoms with Gasteiger partial charge in [-0.15, -0.1) is 5.10 Å². The summed E-state index contributed by atoms with van der Waals surface area (Å²) >= 11 is 0. The number of halogens is 4. The van der Waals surface area contributed by atoms with Gasteiger partial charge in [0.15, 0.2) is 11.4 Å². The molecule has 2 heterocycles. The van der Waals surface area contributed by atoms with Crippen LogP contribution in [0.5, 0.6) is 0 Å². The zero-order chi connectivity index (χ0) is 19.1. The molecule has 26 heavy (non-hydrogen) atoms. The van der Waals surface area contributed by atoms with E-state index < -0.39 is 29.3 Å². The SMILES string of the molecule is CC1CC(CN)CN1C(=O)c1nnn(-c2cccc(F)c2)c1C(F)(F)F. The first-order valence-corrected chi connectivity index (χ1v) is 8.02. The van der Waals surface area contributed by atoms with Crippen LogP contribution >= 0.6 is 0 Å². The van der Waals surface area contributed by atoms with E-state index in [1.165, 1.54) is 17.0 Å². The number of hydrogen-bond donors (Lipinski definition) is 1. The molecule has 2 atom stereocenters. The number of carbonyl (C=O) groups is 1. The molecule has 1 amide bonds. The normalized spacial score (nSPS) is 20.6. The summed E-state index contributed by atoms with van der Waals surface area (Å²) in [5, 5.41) is 6.92. The Morgan fingerprint density at radius 3 is 2.69 bits per heavy atom. The summed E-state index contributed by atoms with van der Waals surface area (Å²) in [5.74, 6) is -1.55. The zero-order valence-corrected chi connectivity index (χ0v) is 13.9. The van der Waals surface area contributed by atoms with Crippen LogP contribution in [0.4, 0.5) is 17.6 Å². The number of likely N-dealkylation sites (tertiary alicyclic amines) is 1. The fourth-order valence-corrected chi connectivity index (χ4v) is 3.20. The van der Waals surface area contributed by atoms with Gasteiger partial charge in [-0.1, -0.05) is 11.3 Å². The fraction of sp³-hybridized carbons (Fsp3) is 0.438. The Morgan fingerprint density at radius 1 is 1.38 bits per heavy atom. The number of nitrogens with zero attached hydrogens (tertiary/aromatic N) is 4. The number of amides is 1. The maximum absolute atomic E-state index is 13.6. The highest BCUT2D eigenvalue weighted by Crippen LogP contribution is 2.34. The third-order valence-corrected chi connectivity index (χ3v) is 4.45. The van der Waals surface area contributed by atoms with Crippen molar-refractivity contribution < 1.29 is 22.4 Å². The first-order valence-electron chi connectivity index (χ1n) is 8.02. The highest BCUT2D eigenvalue weighted by Gasteiger charge is 2.44. The lowest BCUT2D eigenvalue weighted by Gasteiger charge is -2.21. The zero-order valence-electron chi connectivity index (χ0n) is 13.9. The van der Waals surface area contributed by atoms with Crippen LogP contribution in [0.3, 0.4) is 0 Å². The minimum absolute atomic E-state index is 0.0292. The van der Waals surface area contributed by atoms with Gasteiger partial charge in [0, 0.05) is 12.6 Å². The predicted octanol–water partition coefficient (Wildman–Crippen LogP) is 2.23. The second-order valence-corrected chi connectivity index (χ2v) is 6.32. The average Bonchev–Trinajstić information content (AvgIpc) is 3.17. The van der Waals surface area contributed by atoms with Gasteiger partial charge in [-0.3, -0.25) is 4.79 Å². The lowest BCUT2D eigenvalue weighted by Crippen LogP contribution is -2.36. The molecule has 0 aliphatic carbocycles. The molecule has 2 aromatic rings. The number of nitrogens with two attached hydrogens (primary N) is 1. The Labute approximate surface area is 146 Å². The van der Waals surface area contributed by atoms with Crippen LogP contribution in [0, 0.1) is 11.7 Å². The van der Waals surface area contributed by atoms with E-state index in [2.05, 4.69) is 10.3 Å². The lowest BCUT2D eigenvalue weighted by molar-refractivity contribution is -0.143. The van der Waals surface area contributed by atoms with E-state index in [1.807, 2.05) is 0 Å². The first kappa shape index (κ1) is 18.3. The molecule has 0 radical (unpaired) electrons. The molecule has 140 valence electrons. The molecule has 1 aromatic heterocycles. The molecular weight excluding hydrogens is 354 g/mol. The van der Waals surface area contributed by atoms with Crippen molar-refractivity contribution in [1.82, 2.24) is 19.9 Å². The molecule has 6 nitrogen and oxygen atoms in total.